The maximum Gasteiger partial charge on any atom is 0.339 e. The molecule has 2 aromatic rings. The fraction of sp³-hybridized carbons (Fsp3) is 0.231. The summed E-state index contributed by atoms with van der Waals surface area (Å²) in [5.74, 6) is 0.322. The van der Waals surface area contributed by atoms with Gasteiger partial charge in [0.05, 0.1) is 6.54 Å². The maximum atomic E-state index is 11.1. The van der Waals surface area contributed by atoms with E-state index in [1.807, 2.05) is 23.8 Å². The van der Waals surface area contributed by atoms with Crippen LogP contribution in [0.4, 0.5) is 0 Å². The fourth-order valence-corrected chi connectivity index (χ4v) is 2.18. The van der Waals surface area contributed by atoms with Gasteiger partial charge in [-0.1, -0.05) is 0 Å². The van der Waals surface area contributed by atoms with Crippen molar-refractivity contribution in [2.45, 2.75) is 13.5 Å². The lowest BCUT2D eigenvalue weighted by Gasteiger charge is -2.10. The van der Waals surface area contributed by atoms with Gasteiger partial charge in [-0.05, 0) is 47.7 Å². The zero-order valence-electron chi connectivity index (χ0n) is 10.3. The molecular weight excluding hydrogens is 359 g/mol. The lowest BCUT2D eigenvalue weighted by atomic mass is 10.2. The number of imidazole rings is 1. The third kappa shape index (κ3) is 3.46. The zero-order chi connectivity index (χ0) is 13.8. The van der Waals surface area contributed by atoms with Crippen LogP contribution in [0.15, 0.2) is 30.6 Å². The topological polar surface area (TPSA) is 64.4 Å². The highest BCUT2D eigenvalue weighted by Crippen LogP contribution is 2.21. The van der Waals surface area contributed by atoms with Crippen molar-refractivity contribution >= 4 is 28.6 Å². The van der Waals surface area contributed by atoms with E-state index in [-0.39, 0.29) is 5.56 Å². The minimum Gasteiger partial charge on any atom is -0.491 e. The molecule has 1 heterocycles. The third-order valence-corrected chi connectivity index (χ3v) is 3.36. The average Bonchev–Trinajstić information content (AvgIpc) is 2.77. The van der Waals surface area contributed by atoms with Crippen LogP contribution in [0.25, 0.3) is 0 Å². The predicted molar refractivity (Wildman–Crippen MR) is 78.6 cm³/mol. The molecule has 0 spiro atoms. The second kappa shape index (κ2) is 6.05. The van der Waals surface area contributed by atoms with Gasteiger partial charge < -0.3 is 14.4 Å². The van der Waals surface area contributed by atoms with Crippen LogP contribution >= 0.6 is 22.6 Å². The second-order valence-corrected chi connectivity index (χ2v) is 5.21. The highest BCUT2D eigenvalue weighted by Gasteiger charge is 2.11. The number of halogens is 1. The van der Waals surface area contributed by atoms with Gasteiger partial charge in [-0.15, -0.1) is 0 Å². The van der Waals surface area contributed by atoms with Gasteiger partial charge >= 0.3 is 5.97 Å². The number of rotatable bonds is 5. The van der Waals surface area contributed by atoms with Gasteiger partial charge in [0, 0.05) is 16.0 Å². The first-order valence-electron chi connectivity index (χ1n) is 5.71. The highest BCUT2D eigenvalue weighted by atomic mass is 127. The Kier molecular flexibility index (Phi) is 4.41. The smallest absolute Gasteiger partial charge is 0.339 e. The molecule has 0 aliphatic rings. The molecule has 19 heavy (non-hydrogen) atoms. The minimum atomic E-state index is -0.979. The summed E-state index contributed by atoms with van der Waals surface area (Å²) in [7, 11) is 0. The van der Waals surface area contributed by atoms with Crippen LogP contribution in [0.1, 0.15) is 16.2 Å². The van der Waals surface area contributed by atoms with Crippen molar-refractivity contribution < 1.29 is 14.6 Å². The van der Waals surface area contributed by atoms with Crippen LogP contribution in [0.5, 0.6) is 5.75 Å². The number of aryl methyl sites for hydroxylation is 1. The average molecular weight is 372 g/mol. The van der Waals surface area contributed by atoms with E-state index in [1.165, 1.54) is 0 Å². The molecule has 0 unspecified atom stereocenters. The van der Waals surface area contributed by atoms with Crippen molar-refractivity contribution in [1.29, 1.82) is 0 Å². The van der Waals surface area contributed by atoms with Crippen molar-refractivity contribution in [2.75, 3.05) is 6.61 Å². The molecule has 0 atom stereocenters. The van der Waals surface area contributed by atoms with E-state index in [2.05, 4.69) is 27.6 Å². The molecule has 0 aliphatic carbocycles. The van der Waals surface area contributed by atoms with Crippen molar-refractivity contribution in [3.05, 3.63) is 45.6 Å². The first-order chi connectivity index (χ1) is 9.08. The Morgan fingerprint density at radius 2 is 2.32 bits per heavy atom. The molecule has 6 heteroatoms. The number of benzene rings is 1. The van der Waals surface area contributed by atoms with Crippen molar-refractivity contribution in [1.82, 2.24) is 9.55 Å². The Morgan fingerprint density at radius 1 is 1.53 bits per heavy atom. The highest BCUT2D eigenvalue weighted by molar-refractivity contribution is 14.1. The second-order valence-electron chi connectivity index (χ2n) is 3.96. The van der Waals surface area contributed by atoms with Gasteiger partial charge in [0.25, 0.3) is 0 Å². The summed E-state index contributed by atoms with van der Waals surface area (Å²) in [4.78, 5) is 15.2. The van der Waals surface area contributed by atoms with Crippen LogP contribution in [0.2, 0.25) is 0 Å². The summed E-state index contributed by atoms with van der Waals surface area (Å²) >= 11 is 2.07. The number of hydrogen-bond acceptors (Lipinski definition) is 3. The van der Waals surface area contributed by atoms with Crippen LogP contribution in [0, 0.1) is 10.5 Å². The Morgan fingerprint density at radius 3 is 2.95 bits per heavy atom. The molecule has 1 aromatic heterocycles. The number of aromatic nitrogens is 2. The summed E-state index contributed by atoms with van der Waals surface area (Å²) in [5.41, 5.74) is 0.189. The van der Waals surface area contributed by atoms with E-state index in [1.54, 1.807) is 18.3 Å². The molecular formula is C13H13IN2O3. The van der Waals surface area contributed by atoms with Crippen LogP contribution < -0.4 is 4.74 Å². The van der Waals surface area contributed by atoms with E-state index < -0.39 is 5.97 Å². The minimum absolute atomic E-state index is 0.189. The predicted octanol–water partition coefficient (Wildman–Crippen LogP) is 2.57. The van der Waals surface area contributed by atoms with Gasteiger partial charge in [0.1, 0.15) is 23.7 Å². The molecule has 0 amide bonds. The quantitative estimate of drug-likeness (QED) is 0.820. The maximum absolute atomic E-state index is 11.1. The van der Waals surface area contributed by atoms with Crippen LogP contribution in [-0.4, -0.2) is 27.2 Å². The van der Waals surface area contributed by atoms with Gasteiger partial charge in [-0.2, -0.15) is 0 Å². The number of aromatic carboxylic acids is 1. The molecule has 0 saturated heterocycles. The van der Waals surface area contributed by atoms with Crippen molar-refractivity contribution in [3.8, 4) is 5.75 Å². The first kappa shape index (κ1) is 13.9. The van der Waals surface area contributed by atoms with E-state index in [0.717, 1.165) is 9.39 Å². The van der Waals surface area contributed by atoms with E-state index in [0.29, 0.717) is 18.9 Å². The molecule has 1 aromatic carbocycles. The lowest BCUT2D eigenvalue weighted by Crippen LogP contribution is -2.11. The largest absolute Gasteiger partial charge is 0.491 e. The molecule has 100 valence electrons. The van der Waals surface area contributed by atoms with Crippen molar-refractivity contribution in [2.24, 2.45) is 0 Å². The number of carboxylic acids is 1. The molecule has 0 fully saturated rings. The summed E-state index contributed by atoms with van der Waals surface area (Å²) < 4.78 is 8.37. The Bertz CT molecular complexity index is 595. The van der Waals surface area contributed by atoms with Crippen LogP contribution in [0.3, 0.4) is 0 Å². The molecule has 5 nitrogen and oxygen atoms in total. The monoisotopic (exact) mass is 372 g/mol. The third-order valence-electron chi connectivity index (χ3n) is 2.69. The zero-order valence-corrected chi connectivity index (χ0v) is 12.5. The molecule has 0 saturated carbocycles. The number of carbonyl (C=O) groups is 1. The summed E-state index contributed by atoms with van der Waals surface area (Å²) in [6.45, 7) is 2.95. The van der Waals surface area contributed by atoms with Crippen LogP contribution in [-0.2, 0) is 6.54 Å². The van der Waals surface area contributed by atoms with Gasteiger partial charge in [0.2, 0.25) is 0 Å². The van der Waals surface area contributed by atoms with E-state index in [9.17, 15) is 4.79 Å². The Hall–Kier alpha value is -1.57. The molecule has 2 rings (SSSR count). The standard InChI is InChI=1S/C13H13IN2O3/c1-9-15-4-5-16(9)6-7-19-12-3-2-10(14)8-11(12)13(17)18/h2-5,8H,6-7H2,1H3,(H,17,18). The molecule has 0 bridgehead atoms. The number of ether oxygens (including phenoxy) is 1. The van der Waals surface area contributed by atoms with Gasteiger partial charge in [-0.25, -0.2) is 9.78 Å². The number of hydrogen-bond donors (Lipinski definition) is 1. The van der Waals surface area contributed by atoms with Crippen molar-refractivity contribution in [3.63, 3.8) is 0 Å². The summed E-state index contributed by atoms with van der Waals surface area (Å²) in [5, 5.41) is 9.12. The molecule has 1 N–H and O–H groups in total. The van der Waals surface area contributed by atoms with Gasteiger partial charge in [0.15, 0.2) is 0 Å². The molecule has 0 radical (unpaired) electrons. The number of carboxylic acid groups (broad SMARTS) is 1. The number of nitrogens with zero attached hydrogens (tertiary/aromatic N) is 2. The fourth-order valence-electron chi connectivity index (χ4n) is 1.69. The SMILES string of the molecule is Cc1nccn1CCOc1ccc(I)cc1C(=O)O. The summed E-state index contributed by atoms with van der Waals surface area (Å²) in [6.07, 6.45) is 3.59. The first-order valence-corrected chi connectivity index (χ1v) is 6.79. The van der Waals surface area contributed by atoms with E-state index >= 15 is 0 Å². The Balaban J connectivity index is 2.03. The van der Waals surface area contributed by atoms with E-state index in [4.69, 9.17) is 9.84 Å². The normalized spacial score (nSPS) is 10.4. The summed E-state index contributed by atoms with van der Waals surface area (Å²) in [6, 6.07) is 5.11. The molecule has 0 aliphatic heterocycles. The lowest BCUT2D eigenvalue weighted by molar-refractivity contribution is 0.0692. The van der Waals surface area contributed by atoms with Gasteiger partial charge in [-0.3, -0.25) is 0 Å². The Labute approximate surface area is 124 Å².